The van der Waals surface area contributed by atoms with E-state index in [0.29, 0.717) is 37.1 Å². The molecule has 1 aliphatic heterocycles. The number of carbonyl (C=O) groups excluding carboxylic acids is 3. The van der Waals surface area contributed by atoms with Gasteiger partial charge in [-0.05, 0) is 69.4 Å². The highest BCUT2D eigenvalue weighted by Crippen LogP contribution is 2.42. The number of unbranched alkanes of at least 4 members (excludes halogenated alkanes) is 1. The molecule has 2 amide bonds. The van der Waals surface area contributed by atoms with Crippen LogP contribution in [-0.4, -0.2) is 64.5 Å². The van der Waals surface area contributed by atoms with E-state index in [1.165, 1.54) is 19.2 Å². The van der Waals surface area contributed by atoms with E-state index < -0.39 is 41.3 Å². The number of methoxy groups -OCH3 is 1. The molecule has 45 heavy (non-hydrogen) atoms. The molecule has 4 atom stereocenters. The fourth-order valence-corrected chi connectivity index (χ4v) is 6.88. The molecular formula is C33H46F2N4O6. The molecule has 2 N–H and O–H groups in total. The summed E-state index contributed by atoms with van der Waals surface area (Å²) in [6.45, 7) is 7.74. The molecule has 0 radical (unpaired) electrons. The first-order valence-corrected chi connectivity index (χ1v) is 16.1. The smallest absolute Gasteiger partial charge is 0.408 e. The highest BCUT2D eigenvalue weighted by atomic mass is 19.3. The Balaban J connectivity index is 1.27. The second kappa shape index (κ2) is 14.2. The number of nitrogens with zero attached hydrogens (tertiary/aromatic N) is 2. The highest BCUT2D eigenvalue weighted by Gasteiger charge is 2.44. The first-order valence-electron chi connectivity index (χ1n) is 16.1. The molecule has 1 saturated carbocycles. The summed E-state index contributed by atoms with van der Waals surface area (Å²) in [5, 5.41) is 2.57. The van der Waals surface area contributed by atoms with E-state index in [-0.39, 0.29) is 47.9 Å². The van der Waals surface area contributed by atoms with Gasteiger partial charge in [0.1, 0.15) is 17.9 Å². The van der Waals surface area contributed by atoms with Gasteiger partial charge in [0.05, 0.1) is 24.2 Å². The van der Waals surface area contributed by atoms with Gasteiger partial charge in [-0.25, -0.2) is 9.78 Å². The monoisotopic (exact) mass is 632 g/mol. The van der Waals surface area contributed by atoms with Crippen LogP contribution in [0.15, 0.2) is 23.0 Å². The second-order valence-corrected chi connectivity index (χ2v) is 12.9. The predicted octanol–water partition coefficient (Wildman–Crippen LogP) is 5.72. The molecule has 12 heteroatoms. The fourth-order valence-electron chi connectivity index (χ4n) is 6.88. The maximum atomic E-state index is 15.1. The molecule has 1 aromatic carbocycles. The van der Waals surface area contributed by atoms with E-state index in [9.17, 15) is 19.2 Å². The quantitative estimate of drug-likeness (QED) is 0.270. The maximum Gasteiger partial charge on any atom is 0.408 e. The number of halogens is 2. The molecule has 10 nitrogen and oxygen atoms in total. The normalized spacial score (nSPS) is 23.5. The van der Waals surface area contributed by atoms with Gasteiger partial charge in [0.2, 0.25) is 5.91 Å². The molecule has 0 bridgehead atoms. The van der Waals surface area contributed by atoms with Gasteiger partial charge in [-0.3, -0.25) is 14.4 Å². The van der Waals surface area contributed by atoms with Crippen molar-refractivity contribution in [2.75, 3.05) is 20.2 Å². The number of aromatic amines is 1. The SMILES string of the molecule is CC[C@@H]1CCN(C(=O)CNC(=O)OC2(C)CCC[C@H]2CCCCC(F)(F)c2nc3ccc(OC)cc3[nH]c2=O)[C@@H]1C(=O)C(C)C. The van der Waals surface area contributed by atoms with Crippen LogP contribution in [0.2, 0.25) is 0 Å². The molecular weight excluding hydrogens is 586 g/mol. The summed E-state index contributed by atoms with van der Waals surface area (Å²) in [5.41, 5.74) is -1.96. The average Bonchev–Trinajstić information content (AvgIpc) is 3.59. The summed E-state index contributed by atoms with van der Waals surface area (Å²) < 4.78 is 41.1. The van der Waals surface area contributed by atoms with Gasteiger partial charge >= 0.3 is 6.09 Å². The van der Waals surface area contributed by atoms with E-state index in [1.807, 2.05) is 27.7 Å². The van der Waals surface area contributed by atoms with Crippen LogP contribution in [0.3, 0.4) is 0 Å². The van der Waals surface area contributed by atoms with Gasteiger partial charge in [0, 0.05) is 24.9 Å². The molecule has 1 aromatic heterocycles. The van der Waals surface area contributed by atoms with Crippen molar-refractivity contribution in [3.63, 3.8) is 0 Å². The van der Waals surface area contributed by atoms with Gasteiger partial charge in [-0.2, -0.15) is 8.78 Å². The van der Waals surface area contributed by atoms with Crippen molar-refractivity contribution < 1.29 is 32.6 Å². The average molecular weight is 633 g/mol. The van der Waals surface area contributed by atoms with Crippen molar-refractivity contribution >= 4 is 28.8 Å². The van der Waals surface area contributed by atoms with E-state index >= 15 is 8.78 Å². The molecule has 4 rings (SSSR count). The van der Waals surface area contributed by atoms with Crippen LogP contribution >= 0.6 is 0 Å². The van der Waals surface area contributed by atoms with Crippen molar-refractivity contribution in [3.05, 3.63) is 34.2 Å². The topological polar surface area (TPSA) is 131 Å². The molecule has 248 valence electrons. The predicted molar refractivity (Wildman–Crippen MR) is 165 cm³/mol. The van der Waals surface area contributed by atoms with Crippen LogP contribution < -0.4 is 15.6 Å². The number of carbonyl (C=O) groups is 3. The Hall–Kier alpha value is -3.57. The summed E-state index contributed by atoms with van der Waals surface area (Å²) in [4.78, 5) is 59.1. The third-order valence-electron chi connectivity index (χ3n) is 9.57. The van der Waals surface area contributed by atoms with Crippen LogP contribution in [0.5, 0.6) is 5.75 Å². The van der Waals surface area contributed by atoms with Crippen molar-refractivity contribution in [1.82, 2.24) is 20.2 Å². The number of likely N-dealkylation sites (tertiary alicyclic amines) is 1. The summed E-state index contributed by atoms with van der Waals surface area (Å²) in [5.74, 6) is -3.30. The van der Waals surface area contributed by atoms with Gasteiger partial charge in [-0.15, -0.1) is 0 Å². The number of ketones is 1. The van der Waals surface area contributed by atoms with Crippen LogP contribution in [0.25, 0.3) is 11.0 Å². The minimum atomic E-state index is -3.41. The number of H-pyrrole nitrogens is 1. The lowest BCUT2D eigenvalue weighted by molar-refractivity contribution is -0.139. The van der Waals surface area contributed by atoms with Crippen molar-refractivity contribution in [2.24, 2.45) is 17.8 Å². The number of benzene rings is 1. The zero-order chi connectivity index (χ0) is 32.9. The van der Waals surface area contributed by atoms with Gasteiger partial charge in [-0.1, -0.05) is 33.6 Å². The summed E-state index contributed by atoms with van der Waals surface area (Å²) in [7, 11) is 1.47. The van der Waals surface area contributed by atoms with Crippen LogP contribution in [-0.2, 0) is 20.2 Å². The van der Waals surface area contributed by atoms with E-state index in [1.54, 1.807) is 11.0 Å². The lowest BCUT2D eigenvalue weighted by Gasteiger charge is -2.32. The number of alkyl carbamates (subject to hydrolysis) is 1. The number of nitrogens with one attached hydrogen (secondary N) is 2. The Bertz CT molecular complexity index is 1450. The number of hydrogen-bond donors (Lipinski definition) is 2. The molecule has 2 aromatic rings. The number of Topliss-reactive ketones (excluding diaryl/α,β-unsaturated/α-hetero) is 1. The highest BCUT2D eigenvalue weighted by molar-refractivity contribution is 5.92. The van der Waals surface area contributed by atoms with E-state index in [2.05, 4.69) is 15.3 Å². The number of amides is 2. The van der Waals surface area contributed by atoms with Crippen molar-refractivity contribution in [2.45, 2.75) is 103 Å². The lowest BCUT2D eigenvalue weighted by atomic mass is 9.87. The molecule has 1 saturated heterocycles. The second-order valence-electron chi connectivity index (χ2n) is 12.9. The van der Waals surface area contributed by atoms with Crippen molar-refractivity contribution in [1.29, 1.82) is 0 Å². The Morgan fingerprint density at radius 2 is 1.98 bits per heavy atom. The number of aromatic nitrogens is 2. The Morgan fingerprint density at radius 3 is 2.67 bits per heavy atom. The Morgan fingerprint density at radius 1 is 1.22 bits per heavy atom. The van der Waals surface area contributed by atoms with Crippen LogP contribution in [0.1, 0.15) is 91.2 Å². The van der Waals surface area contributed by atoms with Gasteiger partial charge in [0.25, 0.3) is 11.5 Å². The Kier molecular flexibility index (Phi) is 10.9. The minimum Gasteiger partial charge on any atom is -0.497 e. The number of fused-ring (bicyclic) bond motifs is 1. The van der Waals surface area contributed by atoms with Crippen LogP contribution in [0.4, 0.5) is 13.6 Å². The minimum absolute atomic E-state index is 0.0262. The molecule has 1 unspecified atom stereocenters. The lowest BCUT2D eigenvalue weighted by Crippen LogP contribution is -2.49. The number of hydrogen-bond acceptors (Lipinski definition) is 7. The third-order valence-corrected chi connectivity index (χ3v) is 9.57. The van der Waals surface area contributed by atoms with Crippen molar-refractivity contribution in [3.8, 4) is 5.75 Å². The molecule has 2 heterocycles. The van der Waals surface area contributed by atoms with Gasteiger partial charge in [0.15, 0.2) is 11.5 Å². The number of ether oxygens (including phenoxy) is 2. The molecule has 2 aliphatic rings. The zero-order valence-corrected chi connectivity index (χ0v) is 26.9. The van der Waals surface area contributed by atoms with Crippen LogP contribution in [0, 0.1) is 17.8 Å². The molecule has 0 spiro atoms. The van der Waals surface area contributed by atoms with E-state index in [0.717, 1.165) is 25.7 Å². The first-order chi connectivity index (χ1) is 21.3. The summed E-state index contributed by atoms with van der Waals surface area (Å²) in [6, 6.07) is 4.18. The summed E-state index contributed by atoms with van der Waals surface area (Å²) >= 11 is 0. The largest absolute Gasteiger partial charge is 0.497 e. The third kappa shape index (κ3) is 7.81. The van der Waals surface area contributed by atoms with Gasteiger partial charge < -0.3 is 24.7 Å². The Labute approximate surface area is 262 Å². The van der Waals surface area contributed by atoms with E-state index in [4.69, 9.17) is 9.47 Å². The number of alkyl halides is 2. The first kappa shape index (κ1) is 34.3. The molecule has 1 aliphatic carbocycles. The fraction of sp³-hybridized carbons (Fsp3) is 0.667. The zero-order valence-electron chi connectivity index (χ0n) is 26.9. The number of rotatable bonds is 13. The standard InChI is InChI=1S/C33H46F2N4O6/c1-6-21-14-17-39(27(21)28(41)20(2)3)26(40)19-36-31(43)45-32(4)15-9-11-22(32)10-7-8-16-33(34,35)29-30(42)38-25-18-23(44-5)12-13-24(25)37-29/h12-13,18,20-22,27H,6-11,14-17,19H2,1-5H3,(H,36,43)(H,38,42)/t21-,22-,27+,32?/m1/s1. The maximum absolute atomic E-state index is 15.1. The summed E-state index contributed by atoms with van der Waals surface area (Å²) in [6.07, 6.45) is 3.76. The molecule has 2 fully saturated rings.